The highest BCUT2D eigenvalue weighted by Crippen LogP contribution is 2.36. The fourth-order valence-corrected chi connectivity index (χ4v) is 4.19. The van der Waals surface area contributed by atoms with Crippen molar-refractivity contribution in [3.8, 4) is 11.3 Å². The van der Waals surface area contributed by atoms with E-state index in [0.717, 1.165) is 35.5 Å². The maximum atomic E-state index is 6.13. The quantitative estimate of drug-likeness (QED) is 0.792. The van der Waals surface area contributed by atoms with Gasteiger partial charge in [-0.1, -0.05) is 24.3 Å². The molecular formula is C20H28BN3O2S. The molecular weight excluding hydrogens is 357 g/mol. The molecule has 144 valence electrons. The van der Waals surface area contributed by atoms with Crippen molar-refractivity contribution < 1.29 is 9.31 Å². The lowest BCUT2D eigenvalue weighted by molar-refractivity contribution is 0.00578. The van der Waals surface area contributed by atoms with Crippen LogP contribution in [0.2, 0.25) is 0 Å². The molecule has 0 bridgehead atoms. The van der Waals surface area contributed by atoms with Gasteiger partial charge in [-0.25, -0.2) is 4.98 Å². The van der Waals surface area contributed by atoms with Gasteiger partial charge >= 0.3 is 7.12 Å². The summed E-state index contributed by atoms with van der Waals surface area (Å²) < 4.78 is 12.3. The zero-order valence-corrected chi connectivity index (χ0v) is 17.5. The standard InChI is InChI=1S/C20H28BN3O2S/c1-19(2)20(3,4)26-21(25-19)14-8-6-13(7-9-14)17-12-23-18(24-17)16-10-15(27-5)11-22-16/h6-9,12,15-16,22H,10-11H2,1-5H3,(H,23,24)/t15-,16-/m0/s1. The maximum Gasteiger partial charge on any atom is 0.494 e. The van der Waals surface area contributed by atoms with Gasteiger partial charge in [0.2, 0.25) is 0 Å². The summed E-state index contributed by atoms with van der Waals surface area (Å²) in [5, 5.41) is 4.22. The van der Waals surface area contributed by atoms with Crippen LogP contribution in [0.15, 0.2) is 30.5 Å². The predicted molar refractivity (Wildman–Crippen MR) is 112 cm³/mol. The Morgan fingerprint density at radius 1 is 1.11 bits per heavy atom. The average molecular weight is 385 g/mol. The molecule has 2 saturated heterocycles. The summed E-state index contributed by atoms with van der Waals surface area (Å²) >= 11 is 1.92. The average Bonchev–Trinajstić information content (AvgIpc) is 3.33. The number of hydrogen-bond acceptors (Lipinski definition) is 5. The van der Waals surface area contributed by atoms with Crippen molar-refractivity contribution in [1.29, 1.82) is 0 Å². The van der Waals surface area contributed by atoms with Crippen LogP contribution in [0.1, 0.15) is 46.0 Å². The first kappa shape index (κ1) is 19.1. The summed E-state index contributed by atoms with van der Waals surface area (Å²) in [7, 11) is -0.329. The minimum absolute atomic E-state index is 0.320. The van der Waals surface area contributed by atoms with Gasteiger partial charge in [-0.15, -0.1) is 0 Å². The second-order valence-electron chi connectivity index (χ2n) is 8.44. The van der Waals surface area contributed by atoms with Crippen LogP contribution in [0.4, 0.5) is 0 Å². The number of thioether (sulfide) groups is 1. The summed E-state index contributed by atoms with van der Waals surface area (Å²) in [4.78, 5) is 8.16. The van der Waals surface area contributed by atoms with Crippen LogP contribution in [0.5, 0.6) is 0 Å². The first-order valence-corrected chi connectivity index (χ1v) is 10.9. The van der Waals surface area contributed by atoms with Crippen LogP contribution in [0.3, 0.4) is 0 Å². The van der Waals surface area contributed by atoms with Crippen LogP contribution in [0.25, 0.3) is 11.3 Å². The third kappa shape index (κ3) is 3.58. The SMILES string of the molecule is CS[C@@H]1CN[C@H](c2nc(-c3ccc(B4OC(C)(C)C(C)(C)O4)cc3)c[nH]2)C1. The van der Waals surface area contributed by atoms with Gasteiger partial charge in [0.25, 0.3) is 0 Å². The molecule has 2 N–H and O–H groups in total. The largest absolute Gasteiger partial charge is 0.494 e. The highest BCUT2D eigenvalue weighted by Gasteiger charge is 2.51. The third-order valence-corrected chi connectivity index (χ3v) is 7.11. The molecule has 2 aromatic rings. The molecule has 1 aromatic carbocycles. The first-order valence-electron chi connectivity index (χ1n) is 9.56. The Balaban J connectivity index is 1.47. The number of rotatable bonds is 4. The molecule has 7 heteroatoms. The maximum absolute atomic E-state index is 6.13. The fraction of sp³-hybridized carbons (Fsp3) is 0.550. The number of imidazole rings is 1. The van der Waals surface area contributed by atoms with E-state index in [0.29, 0.717) is 11.3 Å². The predicted octanol–water partition coefficient (Wildman–Crippen LogP) is 3.14. The molecule has 5 nitrogen and oxygen atoms in total. The smallest absolute Gasteiger partial charge is 0.399 e. The molecule has 0 amide bonds. The second kappa shape index (κ2) is 6.96. The Labute approximate surface area is 166 Å². The molecule has 27 heavy (non-hydrogen) atoms. The van der Waals surface area contributed by atoms with E-state index in [1.54, 1.807) is 0 Å². The van der Waals surface area contributed by atoms with Crippen molar-refractivity contribution in [3.05, 3.63) is 36.3 Å². The molecule has 2 fully saturated rings. The van der Waals surface area contributed by atoms with Gasteiger partial charge in [0.05, 0.1) is 22.9 Å². The van der Waals surface area contributed by atoms with Crippen molar-refractivity contribution >= 4 is 24.3 Å². The number of aromatic amines is 1. The topological polar surface area (TPSA) is 59.2 Å². The van der Waals surface area contributed by atoms with Crippen molar-refractivity contribution in [1.82, 2.24) is 15.3 Å². The molecule has 1 aromatic heterocycles. The summed E-state index contributed by atoms with van der Waals surface area (Å²) in [5.41, 5.74) is 2.46. The van der Waals surface area contributed by atoms with Crippen LogP contribution in [0, 0.1) is 0 Å². The Morgan fingerprint density at radius 2 is 1.78 bits per heavy atom. The Hall–Kier alpha value is -1.28. The van der Waals surface area contributed by atoms with Crippen molar-refractivity contribution in [2.45, 2.75) is 56.6 Å². The molecule has 0 spiro atoms. The molecule has 0 radical (unpaired) electrons. The van der Waals surface area contributed by atoms with Crippen LogP contribution >= 0.6 is 11.8 Å². The Morgan fingerprint density at radius 3 is 2.37 bits per heavy atom. The van der Waals surface area contributed by atoms with E-state index in [1.807, 2.05) is 18.0 Å². The lowest BCUT2D eigenvalue weighted by atomic mass is 9.79. The third-order valence-electron chi connectivity index (χ3n) is 6.08. The summed E-state index contributed by atoms with van der Waals surface area (Å²) in [5.74, 6) is 1.02. The van der Waals surface area contributed by atoms with Gasteiger partial charge in [0, 0.05) is 23.6 Å². The van der Waals surface area contributed by atoms with Crippen molar-refractivity contribution in [3.63, 3.8) is 0 Å². The summed E-state index contributed by atoms with van der Waals surface area (Å²) in [6, 6.07) is 8.65. The highest BCUT2D eigenvalue weighted by molar-refractivity contribution is 7.99. The van der Waals surface area contributed by atoms with Crippen molar-refractivity contribution in [2.75, 3.05) is 12.8 Å². The zero-order valence-electron chi connectivity index (χ0n) is 16.7. The van der Waals surface area contributed by atoms with Gasteiger partial charge in [-0.3, -0.25) is 0 Å². The molecule has 0 unspecified atom stereocenters. The zero-order chi connectivity index (χ0) is 19.2. The fourth-order valence-electron chi connectivity index (χ4n) is 3.54. The normalized spacial score (nSPS) is 26.6. The number of hydrogen-bond donors (Lipinski definition) is 2. The number of nitrogens with zero attached hydrogens (tertiary/aromatic N) is 1. The molecule has 2 aliphatic heterocycles. The van der Waals surface area contributed by atoms with Crippen molar-refractivity contribution in [2.24, 2.45) is 0 Å². The molecule has 3 heterocycles. The van der Waals surface area contributed by atoms with E-state index in [-0.39, 0.29) is 18.3 Å². The van der Waals surface area contributed by atoms with E-state index < -0.39 is 0 Å². The van der Waals surface area contributed by atoms with E-state index in [9.17, 15) is 0 Å². The van der Waals surface area contributed by atoms with Gasteiger partial charge in [0.15, 0.2) is 0 Å². The lowest BCUT2D eigenvalue weighted by Crippen LogP contribution is -2.41. The summed E-state index contributed by atoms with van der Waals surface area (Å²) in [6.07, 6.45) is 5.28. The Kier molecular flexibility index (Phi) is 4.91. The molecule has 4 rings (SSSR count). The number of aromatic nitrogens is 2. The molecule has 2 aliphatic rings. The summed E-state index contributed by atoms with van der Waals surface area (Å²) in [6.45, 7) is 9.35. The second-order valence-corrected chi connectivity index (χ2v) is 9.57. The highest BCUT2D eigenvalue weighted by atomic mass is 32.2. The van der Waals surface area contributed by atoms with Crippen LogP contribution in [-0.4, -0.2) is 46.3 Å². The Bertz CT molecular complexity index is 790. The lowest BCUT2D eigenvalue weighted by Gasteiger charge is -2.32. The number of H-pyrrole nitrogens is 1. The van der Waals surface area contributed by atoms with E-state index in [1.165, 1.54) is 0 Å². The number of benzene rings is 1. The number of nitrogens with one attached hydrogen (secondary N) is 2. The molecule has 0 saturated carbocycles. The molecule has 0 aliphatic carbocycles. The molecule has 2 atom stereocenters. The minimum Gasteiger partial charge on any atom is -0.399 e. The van der Waals surface area contributed by atoms with Crippen LogP contribution < -0.4 is 10.8 Å². The van der Waals surface area contributed by atoms with E-state index in [2.05, 4.69) is 68.5 Å². The van der Waals surface area contributed by atoms with Gasteiger partial charge in [-0.2, -0.15) is 11.8 Å². The first-order chi connectivity index (χ1) is 12.8. The van der Waals surface area contributed by atoms with E-state index >= 15 is 0 Å². The van der Waals surface area contributed by atoms with Gasteiger partial charge < -0.3 is 19.6 Å². The monoisotopic (exact) mass is 385 g/mol. The van der Waals surface area contributed by atoms with Crippen LogP contribution in [-0.2, 0) is 9.31 Å². The van der Waals surface area contributed by atoms with Gasteiger partial charge in [-0.05, 0) is 45.8 Å². The van der Waals surface area contributed by atoms with E-state index in [4.69, 9.17) is 14.3 Å². The van der Waals surface area contributed by atoms with Gasteiger partial charge in [0.1, 0.15) is 5.82 Å². The minimum atomic E-state index is -0.329.